The summed E-state index contributed by atoms with van der Waals surface area (Å²) in [6.45, 7) is 1.82. The maximum absolute atomic E-state index is 12.9. The number of halogens is 2. The van der Waals surface area contributed by atoms with E-state index in [0.717, 1.165) is 5.56 Å². The fraction of sp³-hybridized carbons (Fsp3) is 0.300. The van der Waals surface area contributed by atoms with Crippen LogP contribution in [0.5, 0.6) is 0 Å². The molecule has 0 saturated carbocycles. The molecule has 0 aromatic heterocycles. The lowest BCUT2D eigenvalue weighted by molar-refractivity contribution is -0.384. The van der Waals surface area contributed by atoms with Crippen molar-refractivity contribution < 1.29 is 14.5 Å². The minimum Gasteiger partial charge on any atom is -0.357 e. The van der Waals surface area contributed by atoms with Gasteiger partial charge < -0.3 is 10.2 Å². The number of benzene rings is 2. The highest BCUT2D eigenvalue weighted by atomic mass is 35.5. The number of carbonyl (C=O) groups excluding carboxylic acids is 2. The first-order valence-corrected chi connectivity index (χ1v) is 10.9. The van der Waals surface area contributed by atoms with Gasteiger partial charge in [0.1, 0.15) is 6.04 Å². The SMILES string of the molecule is CNC(=O)[C@@H](C)N(Cc1ccc(Cl)cc1Cl)C(=O)CSCc1ccc([N+](=O)[O-])cc1. The van der Waals surface area contributed by atoms with Crippen molar-refractivity contribution in [3.05, 3.63) is 73.8 Å². The fourth-order valence-electron chi connectivity index (χ4n) is 2.68. The van der Waals surface area contributed by atoms with Crippen molar-refractivity contribution >= 4 is 52.5 Å². The van der Waals surface area contributed by atoms with Crippen LogP contribution in [-0.2, 0) is 21.9 Å². The molecule has 0 bridgehead atoms. The third-order valence-corrected chi connectivity index (χ3v) is 5.99. The summed E-state index contributed by atoms with van der Waals surface area (Å²) in [6, 6.07) is 10.5. The topological polar surface area (TPSA) is 92.6 Å². The largest absolute Gasteiger partial charge is 0.357 e. The summed E-state index contributed by atoms with van der Waals surface area (Å²) in [5.74, 6) is 0.148. The van der Waals surface area contributed by atoms with E-state index in [1.54, 1.807) is 37.3 Å². The van der Waals surface area contributed by atoms with Crippen molar-refractivity contribution in [2.45, 2.75) is 25.3 Å². The molecule has 2 aromatic rings. The molecule has 0 aliphatic heterocycles. The molecule has 7 nitrogen and oxygen atoms in total. The van der Waals surface area contributed by atoms with Gasteiger partial charge in [0.05, 0.1) is 10.7 Å². The maximum atomic E-state index is 12.9. The monoisotopic (exact) mass is 469 g/mol. The van der Waals surface area contributed by atoms with Crippen LogP contribution in [0.2, 0.25) is 10.0 Å². The predicted molar refractivity (Wildman–Crippen MR) is 120 cm³/mol. The van der Waals surface area contributed by atoms with E-state index in [0.29, 0.717) is 21.4 Å². The molecular weight excluding hydrogens is 449 g/mol. The van der Waals surface area contributed by atoms with Crippen molar-refractivity contribution in [2.24, 2.45) is 0 Å². The highest BCUT2D eigenvalue weighted by Crippen LogP contribution is 2.24. The molecule has 0 heterocycles. The molecule has 0 unspecified atom stereocenters. The highest BCUT2D eigenvalue weighted by molar-refractivity contribution is 7.99. The summed E-state index contributed by atoms with van der Waals surface area (Å²) >= 11 is 13.5. The molecule has 160 valence electrons. The fourth-order valence-corrected chi connectivity index (χ4v) is 4.02. The van der Waals surface area contributed by atoms with Gasteiger partial charge in [-0.15, -0.1) is 11.8 Å². The molecule has 2 aromatic carbocycles. The van der Waals surface area contributed by atoms with Crippen LogP contribution in [0.3, 0.4) is 0 Å². The van der Waals surface area contributed by atoms with Crippen molar-refractivity contribution in [3.8, 4) is 0 Å². The van der Waals surface area contributed by atoms with Gasteiger partial charge in [0.25, 0.3) is 5.69 Å². The zero-order valence-electron chi connectivity index (χ0n) is 16.4. The van der Waals surface area contributed by atoms with E-state index < -0.39 is 11.0 Å². The van der Waals surface area contributed by atoms with Gasteiger partial charge in [0.2, 0.25) is 11.8 Å². The minimum absolute atomic E-state index is 0.0187. The first kappa shape index (κ1) is 24.0. The lowest BCUT2D eigenvalue weighted by Crippen LogP contribution is -2.47. The van der Waals surface area contributed by atoms with Crippen LogP contribution in [-0.4, -0.2) is 40.5 Å². The van der Waals surface area contributed by atoms with E-state index in [-0.39, 0.29) is 29.8 Å². The van der Waals surface area contributed by atoms with Crippen LogP contribution in [0.15, 0.2) is 42.5 Å². The number of rotatable bonds is 9. The third-order valence-electron chi connectivity index (χ3n) is 4.41. The van der Waals surface area contributed by atoms with Crippen molar-refractivity contribution in [1.29, 1.82) is 0 Å². The van der Waals surface area contributed by atoms with Crippen molar-refractivity contribution in [1.82, 2.24) is 10.2 Å². The Morgan fingerprint density at radius 1 is 1.20 bits per heavy atom. The summed E-state index contributed by atoms with van der Waals surface area (Å²) in [7, 11) is 1.51. The van der Waals surface area contributed by atoms with Crippen LogP contribution in [0.4, 0.5) is 5.69 Å². The maximum Gasteiger partial charge on any atom is 0.269 e. The molecular formula is C20H21Cl2N3O4S. The first-order chi connectivity index (χ1) is 14.2. The van der Waals surface area contributed by atoms with E-state index in [1.807, 2.05) is 0 Å². The van der Waals surface area contributed by atoms with Crippen molar-refractivity contribution in [3.63, 3.8) is 0 Å². The molecule has 0 fully saturated rings. The highest BCUT2D eigenvalue weighted by Gasteiger charge is 2.26. The van der Waals surface area contributed by atoms with Gasteiger partial charge in [-0.25, -0.2) is 0 Å². The molecule has 1 atom stereocenters. The molecule has 0 radical (unpaired) electrons. The molecule has 0 saturated heterocycles. The Labute approximate surface area is 188 Å². The average molecular weight is 470 g/mol. The quantitative estimate of drug-likeness (QED) is 0.436. The second-order valence-electron chi connectivity index (χ2n) is 6.46. The summed E-state index contributed by atoms with van der Waals surface area (Å²) in [5.41, 5.74) is 1.57. The van der Waals surface area contributed by atoms with Crippen LogP contribution in [0.1, 0.15) is 18.1 Å². The molecule has 1 N–H and O–H groups in total. The molecule has 30 heavy (non-hydrogen) atoms. The Kier molecular flexibility index (Phi) is 8.95. The Morgan fingerprint density at radius 3 is 2.43 bits per heavy atom. The number of hydrogen-bond donors (Lipinski definition) is 1. The van der Waals surface area contributed by atoms with Gasteiger partial charge in [-0.1, -0.05) is 41.4 Å². The summed E-state index contributed by atoms with van der Waals surface area (Å²) in [6.07, 6.45) is 0. The minimum atomic E-state index is -0.686. The molecule has 0 aliphatic rings. The number of nitro benzene ring substituents is 1. The summed E-state index contributed by atoms with van der Waals surface area (Å²) < 4.78 is 0. The number of thioether (sulfide) groups is 1. The number of carbonyl (C=O) groups is 2. The van der Waals surface area contributed by atoms with E-state index in [2.05, 4.69) is 5.32 Å². The Hall–Kier alpha value is -2.29. The second kappa shape index (κ2) is 11.2. The van der Waals surface area contributed by atoms with E-state index >= 15 is 0 Å². The zero-order chi connectivity index (χ0) is 22.3. The van der Waals surface area contributed by atoms with Gasteiger partial charge >= 0.3 is 0 Å². The van der Waals surface area contributed by atoms with Crippen LogP contribution >= 0.6 is 35.0 Å². The lowest BCUT2D eigenvalue weighted by Gasteiger charge is -2.28. The summed E-state index contributed by atoms with van der Waals surface area (Å²) in [4.78, 5) is 36.8. The number of nitro groups is 1. The van der Waals surface area contributed by atoms with Gasteiger partial charge in [0.15, 0.2) is 0 Å². The van der Waals surface area contributed by atoms with E-state index in [4.69, 9.17) is 23.2 Å². The number of likely N-dealkylation sites (N-methyl/N-ethyl adjacent to an activating group) is 1. The number of nitrogens with one attached hydrogen (secondary N) is 1. The van der Waals surface area contributed by atoms with Crippen LogP contribution in [0.25, 0.3) is 0 Å². The Balaban J connectivity index is 2.06. The van der Waals surface area contributed by atoms with Crippen LogP contribution in [0, 0.1) is 10.1 Å². The molecule has 0 aliphatic carbocycles. The number of amides is 2. The van der Waals surface area contributed by atoms with Crippen molar-refractivity contribution in [2.75, 3.05) is 12.8 Å². The van der Waals surface area contributed by atoms with Gasteiger partial charge in [-0.2, -0.15) is 0 Å². The molecule has 2 amide bonds. The van der Waals surface area contributed by atoms with Crippen LogP contribution < -0.4 is 5.32 Å². The number of nitrogens with zero attached hydrogens (tertiary/aromatic N) is 2. The zero-order valence-corrected chi connectivity index (χ0v) is 18.8. The van der Waals surface area contributed by atoms with E-state index in [1.165, 1.54) is 35.8 Å². The predicted octanol–water partition coefficient (Wildman–Crippen LogP) is 4.30. The van der Waals surface area contributed by atoms with Gasteiger partial charge in [0, 0.05) is 41.5 Å². The van der Waals surface area contributed by atoms with Gasteiger partial charge in [-0.3, -0.25) is 19.7 Å². The number of hydrogen-bond acceptors (Lipinski definition) is 5. The molecule has 0 spiro atoms. The Bertz CT molecular complexity index is 925. The molecule has 2 rings (SSSR count). The lowest BCUT2D eigenvalue weighted by atomic mass is 10.1. The first-order valence-electron chi connectivity index (χ1n) is 8.99. The smallest absolute Gasteiger partial charge is 0.269 e. The number of non-ortho nitro benzene ring substituents is 1. The summed E-state index contributed by atoms with van der Waals surface area (Å²) in [5, 5.41) is 14.2. The molecule has 10 heteroatoms. The third kappa shape index (κ3) is 6.62. The Morgan fingerprint density at radius 2 is 1.87 bits per heavy atom. The second-order valence-corrected chi connectivity index (χ2v) is 8.29. The average Bonchev–Trinajstić information content (AvgIpc) is 2.72. The standard InChI is InChI=1S/C20H21Cl2N3O4S/c1-13(20(27)23-2)24(10-15-5-6-16(21)9-18(15)22)19(26)12-30-11-14-3-7-17(8-4-14)25(28)29/h3-9,13H,10-12H2,1-2H3,(H,23,27)/t13-/m1/s1. The van der Waals surface area contributed by atoms with Gasteiger partial charge in [-0.05, 0) is 30.2 Å². The normalized spacial score (nSPS) is 11.6. The van der Waals surface area contributed by atoms with E-state index in [9.17, 15) is 19.7 Å².